The molecule has 1 saturated heterocycles. The molecule has 0 aromatic carbocycles. The normalized spacial score (nSPS) is 16.5. The van der Waals surface area contributed by atoms with E-state index < -0.39 is 5.97 Å². The minimum Gasteiger partial charge on any atom is -0.481 e. The Morgan fingerprint density at radius 3 is 2.59 bits per heavy atom. The number of aliphatic carboxylic acids is 1. The highest BCUT2D eigenvalue weighted by Crippen LogP contribution is 2.12. The van der Waals surface area contributed by atoms with Gasteiger partial charge in [0.15, 0.2) is 0 Å². The zero-order chi connectivity index (χ0) is 12.5. The lowest BCUT2D eigenvalue weighted by Gasteiger charge is -2.22. The van der Waals surface area contributed by atoms with Crippen molar-refractivity contribution in [2.24, 2.45) is 5.92 Å². The summed E-state index contributed by atoms with van der Waals surface area (Å²) >= 11 is 0. The molecule has 0 saturated carbocycles. The summed E-state index contributed by atoms with van der Waals surface area (Å²) in [6, 6.07) is -0.220. The topological polar surface area (TPSA) is 87.7 Å². The molecule has 1 heterocycles. The number of carbonyl (C=O) groups is 2. The summed E-state index contributed by atoms with van der Waals surface area (Å²) in [7, 11) is 0. The first-order chi connectivity index (χ1) is 8.18. The second-order valence-corrected chi connectivity index (χ2v) is 4.19. The van der Waals surface area contributed by atoms with E-state index in [1.807, 2.05) is 0 Å². The van der Waals surface area contributed by atoms with Gasteiger partial charge in [0.1, 0.15) is 0 Å². The Morgan fingerprint density at radius 2 is 1.94 bits per heavy atom. The van der Waals surface area contributed by atoms with Gasteiger partial charge in [0.2, 0.25) is 0 Å². The molecule has 17 heavy (non-hydrogen) atoms. The summed E-state index contributed by atoms with van der Waals surface area (Å²) in [4.78, 5) is 21.6. The van der Waals surface area contributed by atoms with E-state index in [9.17, 15) is 9.59 Å². The standard InChI is InChI=1S/C11H20N2O4/c14-10(15)2-1-5-12-11(16)13-8-9-3-6-17-7-4-9/h9H,1-8H2,(H,14,15)(H2,12,13,16). The summed E-state index contributed by atoms with van der Waals surface area (Å²) < 4.78 is 5.22. The van der Waals surface area contributed by atoms with Crippen molar-refractivity contribution in [3.63, 3.8) is 0 Å². The van der Waals surface area contributed by atoms with Gasteiger partial charge in [-0.3, -0.25) is 4.79 Å². The lowest BCUT2D eigenvalue weighted by atomic mass is 10.0. The van der Waals surface area contributed by atoms with Gasteiger partial charge in [-0.25, -0.2) is 4.79 Å². The molecular weight excluding hydrogens is 224 g/mol. The average molecular weight is 244 g/mol. The number of rotatable bonds is 6. The Morgan fingerprint density at radius 1 is 1.24 bits per heavy atom. The Balaban J connectivity index is 1.98. The molecule has 98 valence electrons. The van der Waals surface area contributed by atoms with Crippen molar-refractivity contribution >= 4 is 12.0 Å². The van der Waals surface area contributed by atoms with Crippen LogP contribution in [0.4, 0.5) is 4.79 Å². The van der Waals surface area contributed by atoms with Crippen LogP contribution in [0, 0.1) is 5.92 Å². The smallest absolute Gasteiger partial charge is 0.314 e. The number of carboxylic acid groups (broad SMARTS) is 1. The molecule has 0 unspecified atom stereocenters. The Hall–Kier alpha value is -1.30. The van der Waals surface area contributed by atoms with Crippen LogP contribution in [0.2, 0.25) is 0 Å². The number of hydrogen-bond donors (Lipinski definition) is 3. The number of amides is 2. The molecule has 1 aliphatic heterocycles. The molecule has 0 atom stereocenters. The zero-order valence-corrected chi connectivity index (χ0v) is 9.91. The van der Waals surface area contributed by atoms with E-state index in [4.69, 9.17) is 9.84 Å². The second kappa shape index (κ2) is 7.89. The van der Waals surface area contributed by atoms with Crippen molar-refractivity contribution in [1.29, 1.82) is 0 Å². The molecule has 0 radical (unpaired) electrons. The minimum atomic E-state index is -0.839. The van der Waals surface area contributed by atoms with E-state index >= 15 is 0 Å². The molecule has 6 nitrogen and oxygen atoms in total. The van der Waals surface area contributed by atoms with Crippen LogP contribution in [0.25, 0.3) is 0 Å². The van der Waals surface area contributed by atoms with Crippen molar-refractivity contribution in [1.82, 2.24) is 10.6 Å². The third-order valence-corrected chi connectivity index (χ3v) is 2.75. The largest absolute Gasteiger partial charge is 0.481 e. The molecule has 1 fully saturated rings. The third-order valence-electron chi connectivity index (χ3n) is 2.75. The number of hydrogen-bond acceptors (Lipinski definition) is 3. The molecule has 0 spiro atoms. The Bertz CT molecular complexity index is 252. The molecule has 3 N–H and O–H groups in total. The van der Waals surface area contributed by atoms with Gasteiger partial charge in [-0.1, -0.05) is 0 Å². The summed E-state index contributed by atoms with van der Waals surface area (Å²) in [6.45, 7) is 2.60. The zero-order valence-electron chi connectivity index (χ0n) is 9.91. The molecule has 0 aromatic heterocycles. The van der Waals surface area contributed by atoms with E-state index in [0.717, 1.165) is 26.1 Å². The van der Waals surface area contributed by atoms with Gasteiger partial charge in [0.25, 0.3) is 0 Å². The highest BCUT2D eigenvalue weighted by Gasteiger charge is 2.14. The highest BCUT2D eigenvalue weighted by atomic mass is 16.5. The van der Waals surface area contributed by atoms with Crippen molar-refractivity contribution < 1.29 is 19.4 Å². The van der Waals surface area contributed by atoms with Crippen LogP contribution in [-0.2, 0) is 9.53 Å². The van der Waals surface area contributed by atoms with Gasteiger partial charge in [-0.2, -0.15) is 0 Å². The van der Waals surface area contributed by atoms with E-state index in [2.05, 4.69) is 10.6 Å². The second-order valence-electron chi connectivity index (χ2n) is 4.19. The number of ether oxygens (including phenoxy) is 1. The summed E-state index contributed by atoms with van der Waals surface area (Å²) in [5.74, 6) is -0.345. The summed E-state index contributed by atoms with van der Waals surface area (Å²) in [5.41, 5.74) is 0. The van der Waals surface area contributed by atoms with Crippen LogP contribution in [0.3, 0.4) is 0 Å². The maximum absolute atomic E-state index is 11.3. The van der Waals surface area contributed by atoms with Crippen LogP contribution < -0.4 is 10.6 Å². The van der Waals surface area contributed by atoms with Gasteiger partial charge in [0.05, 0.1) is 0 Å². The van der Waals surface area contributed by atoms with Crippen LogP contribution in [0.15, 0.2) is 0 Å². The van der Waals surface area contributed by atoms with Crippen molar-refractivity contribution in [3.05, 3.63) is 0 Å². The fourth-order valence-corrected chi connectivity index (χ4v) is 1.69. The third kappa shape index (κ3) is 6.78. The molecule has 1 aliphatic rings. The van der Waals surface area contributed by atoms with Crippen LogP contribution in [0.5, 0.6) is 0 Å². The lowest BCUT2D eigenvalue weighted by molar-refractivity contribution is -0.137. The lowest BCUT2D eigenvalue weighted by Crippen LogP contribution is -2.39. The molecule has 0 aliphatic carbocycles. The van der Waals surface area contributed by atoms with Gasteiger partial charge < -0.3 is 20.5 Å². The first-order valence-corrected chi connectivity index (χ1v) is 5.99. The number of urea groups is 1. The SMILES string of the molecule is O=C(O)CCCNC(=O)NCC1CCOCC1. The minimum absolute atomic E-state index is 0.0836. The fourth-order valence-electron chi connectivity index (χ4n) is 1.69. The number of carboxylic acids is 1. The monoisotopic (exact) mass is 244 g/mol. The predicted molar refractivity (Wildman–Crippen MR) is 61.8 cm³/mol. The molecule has 6 heteroatoms. The summed E-state index contributed by atoms with van der Waals surface area (Å²) in [5, 5.41) is 13.8. The van der Waals surface area contributed by atoms with E-state index in [-0.39, 0.29) is 12.5 Å². The quantitative estimate of drug-likeness (QED) is 0.596. The summed E-state index contributed by atoms with van der Waals surface area (Å²) in [6.07, 6.45) is 2.51. The molecule has 0 bridgehead atoms. The van der Waals surface area contributed by atoms with Crippen LogP contribution >= 0.6 is 0 Å². The maximum Gasteiger partial charge on any atom is 0.314 e. The molecule has 1 rings (SSSR count). The average Bonchev–Trinajstić information content (AvgIpc) is 2.33. The van der Waals surface area contributed by atoms with Gasteiger partial charge in [-0.15, -0.1) is 0 Å². The molecule has 2 amide bonds. The first kappa shape index (κ1) is 13.8. The number of carbonyl (C=O) groups excluding carboxylic acids is 1. The van der Waals surface area contributed by atoms with Crippen molar-refractivity contribution in [2.45, 2.75) is 25.7 Å². The van der Waals surface area contributed by atoms with Gasteiger partial charge in [-0.05, 0) is 25.2 Å². The van der Waals surface area contributed by atoms with E-state index in [0.29, 0.717) is 25.4 Å². The maximum atomic E-state index is 11.3. The van der Waals surface area contributed by atoms with Crippen LogP contribution in [-0.4, -0.2) is 43.4 Å². The first-order valence-electron chi connectivity index (χ1n) is 5.99. The molecular formula is C11H20N2O4. The van der Waals surface area contributed by atoms with E-state index in [1.54, 1.807) is 0 Å². The Kier molecular flexibility index (Phi) is 6.39. The van der Waals surface area contributed by atoms with Gasteiger partial charge >= 0.3 is 12.0 Å². The van der Waals surface area contributed by atoms with Crippen LogP contribution in [0.1, 0.15) is 25.7 Å². The predicted octanol–water partition coefficient (Wildman–Crippen LogP) is 0.577. The van der Waals surface area contributed by atoms with Crippen molar-refractivity contribution in [3.8, 4) is 0 Å². The highest BCUT2D eigenvalue weighted by molar-refractivity contribution is 5.73. The van der Waals surface area contributed by atoms with E-state index in [1.165, 1.54) is 0 Å². The molecule has 0 aromatic rings. The van der Waals surface area contributed by atoms with Gasteiger partial charge in [0, 0.05) is 32.7 Å². The fraction of sp³-hybridized carbons (Fsp3) is 0.818. The van der Waals surface area contributed by atoms with Crippen molar-refractivity contribution in [2.75, 3.05) is 26.3 Å². The Labute approximate surface area is 101 Å². The number of nitrogens with one attached hydrogen (secondary N) is 2.